The Morgan fingerprint density at radius 3 is 2.83 bits per heavy atom. The number of benzene rings is 1. The number of aliphatic hydroxyl groups is 1. The number of carbonyl (C=O) groups is 1. The Bertz CT molecular complexity index is 406. The molecule has 0 aliphatic rings. The predicted octanol–water partition coefficient (Wildman–Crippen LogP) is 1.18. The number of aliphatic hydroxyl groups excluding tert-OH is 1. The molecule has 1 atom stereocenters. The number of nitrogens with one attached hydrogen (secondary N) is 1. The highest BCUT2D eigenvalue weighted by molar-refractivity contribution is 5.80. The lowest BCUT2D eigenvalue weighted by atomic mass is 10.1. The molecule has 5 nitrogen and oxygen atoms in total. The van der Waals surface area contributed by atoms with Crippen LogP contribution in [0.1, 0.15) is 25.3 Å². The van der Waals surface area contributed by atoms with Crippen LogP contribution < -0.4 is 10.1 Å². The zero-order chi connectivity index (χ0) is 13.5. The number of methoxy groups -OCH3 is 1. The van der Waals surface area contributed by atoms with Crippen LogP contribution in [-0.2, 0) is 11.3 Å². The number of hydrogen-bond donors (Lipinski definition) is 3. The van der Waals surface area contributed by atoms with Crippen molar-refractivity contribution in [2.24, 2.45) is 0 Å². The number of phenolic OH excluding ortho intramolecular Hbond substituents is 1. The summed E-state index contributed by atoms with van der Waals surface area (Å²) in [6, 6.07) is 4.83. The molecule has 1 rings (SSSR count). The van der Waals surface area contributed by atoms with E-state index in [4.69, 9.17) is 4.74 Å². The van der Waals surface area contributed by atoms with Crippen molar-refractivity contribution in [3.05, 3.63) is 23.8 Å². The molecular weight excluding hydrogens is 234 g/mol. The molecule has 1 unspecified atom stereocenters. The monoisotopic (exact) mass is 253 g/mol. The van der Waals surface area contributed by atoms with Crippen LogP contribution >= 0.6 is 0 Å². The SMILES string of the molecule is CCCC(O)C(=O)NCc1ccc(O)c(OC)c1. The third-order valence-electron chi connectivity index (χ3n) is 2.58. The molecule has 18 heavy (non-hydrogen) atoms. The molecule has 3 N–H and O–H groups in total. The number of aromatic hydroxyl groups is 1. The summed E-state index contributed by atoms with van der Waals surface area (Å²) in [7, 11) is 1.46. The van der Waals surface area contributed by atoms with E-state index in [2.05, 4.69) is 5.32 Å². The van der Waals surface area contributed by atoms with Crippen LogP contribution in [-0.4, -0.2) is 29.3 Å². The first kappa shape index (κ1) is 14.3. The molecule has 1 aromatic carbocycles. The fourth-order valence-corrected chi connectivity index (χ4v) is 1.54. The van der Waals surface area contributed by atoms with Gasteiger partial charge in [-0.05, 0) is 24.1 Å². The lowest BCUT2D eigenvalue weighted by Gasteiger charge is -2.11. The van der Waals surface area contributed by atoms with E-state index in [0.29, 0.717) is 12.2 Å². The first-order chi connectivity index (χ1) is 8.58. The standard InChI is InChI=1S/C13H19NO4/c1-3-4-11(16)13(17)14-8-9-5-6-10(15)12(7-9)18-2/h5-7,11,15-16H,3-4,8H2,1-2H3,(H,14,17). The molecular formula is C13H19NO4. The Hall–Kier alpha value is -1.75. The second-order valence-corrected chi connectivity index (χ2v) is 4.03. The fourth-order valence-electron chi connectivity index (χ4n) is 1.54. The van der Waals surface area contributed by atoms with E-state index in [1.165, 1.54) is 13.2 Å². The molecule has 0 spiro atoms. The first-order valence-corrected chi connectivity index (χ1v) is 5.90. The Balaban J connectivity index is 2.55. The number of rotatable bonds is 6. The van der Waals surface area contributed by atoms with Crippen LogP contribution in [0.15, 0.2) is 18.2 Å². The fraction of sp³-hybridized carbons (Fsp3) is 0.462. The summed E-state index contributed by atoms with van der Waals surface area (Å²) in [5.41, 5.74) is 0.793. The normalized spacial score (nSPS) is 11.9. The summed E-state index contributed by atoms with van der Waals surface area (Å²) in [4.78, 5) is 11.5. The highest BCUT2D eigenvalue weighted by Crippen LogP contribution is 2.26. The molecule has 0 radical (unpaired) electrons. The Morgan fingerprint density at radius 1 is 1.50 bits per heavy atom. The zero-order valence-corrected chi connectivity index (χ0v) is 10.6. The van der Waals surface area contributed by atoms with Gasteiger partial charge in [0.25, 0.3) is 0 Å². The van der Waals surface area contributed by atoms with E-state index in [1.807, 2.05) is 6.92 Å². The number of hydrogen-bond acceptors (Lipinski definition) is 4. The van der Waals surface area contributed by atoms with Crippen molar-refractivity contribution in [2.75, 3.05) is 7.11 Å². The first-order valence-electron chi connectivity index (χ1n) is 5.90. The number of phenols is 1. The number of carbonyl (C=O) groups excluding carboxylic acids is 1. The average molecular weight is 253 g/mol. The van der Waals surface area contributed by atoms with Gasteiger partial charge < -0.3 is 20.3 Å². The summed E-state index contributed by atoms with van der Waals surface area (Å²) in [6.07, 6.45) is 0.237. The average Bonchev–Trinajstić information content (AvgIpc) is 2.37. The van der Waals surface area contributed by atoms with Crippen LogP contribution in [0.2, 0.25) is 0 Å². The van der Waals surface area contributed by atoms with Gasteiger partial charge >= 0.3 is 0 Å². The Labute approximate surface area is 106 Å². The van der Waals surface area contributed by atoms with Crippen LogP contribution in [0.25, 0.3) is 0 Å². The zero-order valence-electron chi connectivity index (χ0n) is 10.6. The van der Waals surface area contributed by atoms with Crippen molar-refractivity contribution in [2.45, 2.75) is 32.4 Å². The maximum Gasteiger partial charge on any atom is 0.249 e. The van der Waals surface area contributed by atoms with E-state index >= 15 is 0 Å². The Morgan fingerprint density at radius 2 is 2.22 bits per heavy atom. The number of ether oxygens (including phenoxy) is 1. The van der Waals surface area contributed by atoms with Crippen LogP contribution in [0.4, 0.5) is 0 Å². The predicted molar refractivity (Wildman–Crippen MR) is 67.4 cm³/mol. The van der Waals surface area contributed by atoms with E-state index < -0.39 is 6.10 Å². The third kappa shape index (κ3) is 3.92. The molecule has 0 aliphatic heterocycles. The van der Waals surface area contributed by atoms with Gasteiger partial charge in [0, 0.05) is 6.54 Å². The van der Waals surface area contributed by atoms with Gasteiger partial charge in [-0.2, -0.15) is 0 Å². The van der Waals surface area contributed by atoms with Gasteiger partial charge in [0.05, 0.1) is 7.11 Å². The highest BCUT2D eigenvalue weighted by Gasteiger charge is 2.13. The van der Waals surface area contributed by atoms with Gasteiger partial charge in [0.2, 0.25) is 5.91 Å². The summed E-state index contributed by atoms with van der Waals surface area (Å²) >= 11 is 0. The molecule has 1 amide bonds. The van der Waals surface area contributed by atoms with E-state index in [9.17, 15) is 15.0 Å². The van der Waals surface area contributed by atoms with Gasteiger partial charge in [0.1, 0.15) is 6.10 Å². The second kappa shape index (κ2) is 6.86. The van der Waals surface area contributed by atoms with Crippen molar-refractivity contribution in [3.8, 4) is 11.5 Å². The van der Waals surface area contributed by atoms with Crippen molar-refractivity contribution in [3.63, 3.8) is 0 Å². The third-order valence-corrected chi connectivity index (χ3v) is 2.58. The van der Waals surface area contributed by atoms with E-state index in [-0.39, 0.29) is 18.2 Å². The summed E-state index contributed by atoms with van der Waals surface area (Å²) in [5.74, 6) is 0.0262. The van der Waals surface area contributed by atoms with Crippen LogP contribution in [0, 0.1) is 0 Å². The van der Waals surface area contributed by atoms with Crippen molar-refractivity contribution in [1.29, 1.82) is 0 Å². The maximum atomic E-state index is 11.5. The lowest BCUT2D eigenvalue weighted by Crippen LogP contribution is -2.33. The minimum absolute atomic E-state index is 0.0543. The molecule has 0 saturated heterocycles. The van der Waals surface area contributed by atoms with Gasteiger partial charge in [-0.15, -0.1) is 0 Å². The second-order valence-electron chi connectivity index (χ2n) is 4.03. The van der Waals surface area contributed by atoms with E-state index in [0.717, 1.165) is 12.0 Å². The lowest BCUT2D eigenvalue weighted by molar-refractivity contribution is -0.129. The minimum Gasteiger partial charge on any atom is -0.504 e. The van der Waals surface area contributed by atoms with Crippen LogP contribution in [0.5, 0.6) is 11.5 Å². The van der Waals surface area contributed by atoms with E-state index in [1.54, 1.807) is 12.1 Å². The number of amides is 1. The van der Waals surface area contributed by atoms with Crippen LogP contribution in [0.3, 0.4) is 0 Å². The summed E-state index contributed by atoms with van der Waals surface area (Å²) < 4.78 is 4.97. The van der Waals surface area contributed by atoms with Gasteiger partial charge in [0.15, 0.2) is 11.5 Å². The quantitative estimate of drug-likeness (QED) is 0.711. The Kier molecular flexibility index (Phi) is 5.45. The summed E-state index contributed by atoms with van der Waals surface area (Å²) in [5, 5.41) is 21.5. The molecule has 0 aromatic heterocycles. The summed E-state index contributed by atoms with van der Waals surface area (Å²) in [6.45, 7) is 2.19. The molecule has 0 aliphatic carbocycles. The smallest absolute Gasteiger partial charge is 0.249 e. The minimum atomic E-state index is -0.964. The molecule has 0 saturated carbocycles. The van der Waals surface area contributed by atoms with Gasteiger partial charge in [-0.3, -0.25) is 4.79 Å². The molecule has 1 aromatic rings. The van der Waals surface area contributed by atoms with Gasteiger partial charge in [-0.25, -0.2) is 0 Å². The highest BCUT2D eigenvalue weighted by atomic mass is 16.5. The molecule has 0 fully saturated rings. The van der Waals surface area contributed by atoms with Crippen molar-refractivity contribution >= 4 is 5.91 Å². The molecule has 100 valence electrons. The topological polar surface area (TPSA) is 78.8 Å². The maximum absolute atomic E-state index is 11.5. The molecule has 5 heteroatoms. The van der Waals surface area contributed by atoms with Crippen molar-refractivity contribution in [1.82, 2.24) is 5.32 Å². The largest absolute Gasteiger partial charge is 0.504 e. The van der Waals surface area contributed by atoms with Crippen molar-refractivity contribution < 1.29 is 19.7 Å². The molecule has 0 bridgehead atoms. The van der Waals surface area contributed by atoms with Gasteiger partial charge in [-0.1, -0.05) is 19.4 Å². The molecule has 0 heterocycles.